The number of pyridine rings is 1. The molecule has 0 spiro atoms. The van der Waals surface area contributed by atoms with Crippen LogP contribution in [-0.4, -0.2) is 53.7 Å². The first-order valence-electron chi connectivity index (χ1n) is 11.0. The number of rotatable bonds is 5. The zero-order valence-corrected chi connectivity index (χ0v) is 18.8. The molecular weight excluding hydrogens is 404 g/mol. The second-order valence-electron chi connectivity index (χ2n) is 8.84. The Morgan fingerprint density at radius 3 is 2.34 bits per heavy atom. The fourth-order valence-electron chi connectivity index (χ4n) is 4.15. The third kappa shape index (κ3) is 4.34. The van der Waals surface area contributed by atoms with E-state index in [9.17, 15) is 14.7 Å². The second kappa shape index (κ2) is 9.04. The number of amides is 1. The normalized spacial score (nSPS) is 14.8. The molecule has 1 saturated heterocycles. The molecule has 0 saturated carbocycles. The highest BCUT2D eigenvalue weighted by molar-refractivity contribution is 6.09. The van der Waals surface area contributed by atoms with E-state index in [1.807, 2.05) is 44.2 Å². The van der Waals surface area contributed by atoms with Crippen LogP contribution in [0.2, 0.25) is 0 Å². The van der Waals surface area contributed by atoms with Gasteiger partial charge in [-0.3, -0.25) is 9.59 Å². The Morgan fingerprint density at radius 1 is 1.03 bits per heavy atom. The van der Waals surface area contributed by atoms with Crippen LogP contribution in [0.4, 0.5) is 11.4 Å². The van der Waals surface area contributed by atoms with E-state index < -0.39 is 11.5 Å². The van der Waals surface area contributed by atoms with Crippen LogP contribution in [0.15, 0.2) is 53.3 Å². The average molecular weight is 435 g/mol. The van der Waals surface area contributed by atoms with Gasteiger partial charge in [0.15, 0.2) is 0 Å². The van der Waals surface area contributed by atoms with Crippen LogP contribution in [0, 0.1) is 5.92 Å². The Balaban J connectivity index is 1.62. The van der Waals surface area contributed by atoms with Crippen molar-refractivity contribution in [3.8, 4) is 5.75 Å². The number of hydrogen-bond acceptors (Lipinski definition) is 5. The quantitative estimate of drug-likeness (QED) is 0.644. The smallest absolute Gasteiger partial charge is 0.267 e. The summed E-state index contributed by atoms with van der Waals surface area (Å²) in [7, 11) is 2.12. The monoisotopic (exact) mass is 434 g/mol. The van der Waals surface area contributed by atoms with Crippen molar-refractivity contribution in [3.63, 3.8) is 0 Å². The molecule has 168 valence electrons. The van der Waals surface area contributed by atoms with E-state index in [1.165, 1.54) is 0 Å². The van der Waals surface area contributed by atoms with Crippen LogP contribution >= 0.6 is 0 Å². The maximum absolute atomic E-state index is 13.2. The Hall–Kier alpha value is -3.32. The van der Waals surface area contributed by atoms with Gasteiger partial charge in [-0.25, -0.2) is 0 Å². The highest BCUT2D eigenvalue weighted by Crippen LogP contribution is 2.27. The molecule has 1 amide bonds. The molecule has 1 aliphatic rings. The van der Waals surface area contributed by atoms with Crippen molar-refractivity contribution in [2.75, 3.05) is 43.4 Å². The van der Waals surface area contributed by atoms with Crippen LogP contribution in [-0.2, 0) is 6.54 Å². The number of para-hydroxylation sites is 1. The molecule has 4 rings (SSSR count). The van der Waals surface area contributed by atoms with Crippen LogP contribution in [0.3, 0.4) is 0 Å². The van der Waals surface area contributed by atoms with Gasteiger partial charge in [0.1, 0.15) is 11.3 Å². The summed E-state index contributed by atoms with van der Waals surface area (Å²) in [4.78, 5) is 30.9. The summed E-state index contributed by atoms with van der Waals surface area (Å²) in [5.41, 5.74) is 1.59. The molecule has 2 N–H and O–H groups in total. The van der Waals surface area contributed by atoms with Crippen molar-refractivity contribution in [2.45, 2.75) is 20.4 Å². The maximum atomic E-state index is 13.2. The third-order valence-electron chi connectivity index (χ3n) is 5.91. The second-order valence-corrected chi connectivity index (χ2v) is 8.84. The van der Waals surface area contributed by atoms with Gasteiger partial charge < -0.3 is 24.8 Å². The van der Waals surface area contributed by atoms with E-state index >= 15 is 0 Å². The minimum Gasteiger partial charge on any atom is -0.506 e. The molecule has 1 fully saturated rings. The van der Waals surface area contributed by atoms with Gasteiger partial charge in [-0.1, -0.05) is 26.0 Å². The lowest BCUT2D eigenvalue weighted by molar-refractivity contribution is 0.102. The molecule has 2 aromatic carbocycles. The molecule has 0 aliphatic carbocycles. The van der Waals surface area contributed by atoms with Crippen molar-refractivity contribution in [2.24, 2.45) is 5.92 Å². The number of likely N-dealkylation sites (N-methyl/N-ethyl adjacent to an activating group) is 1. The molecule has 0 unspecified atom stereocenters. The average Bonchev–Trinajstić information content (AvgIpc) is 2.78. The van der Waals surface area contributed by atoms with Gasteiger partial charge in [0.2, 0.25) is 0 Å². The number of nitrogens with zero attached hydrogens (tertiary/aromatic N) is 3. The predicted octanol–water partition coefficient (Wildman–Crippen LogP) is 3.37. The Bertz CT molecular complexity index is 1180. The summed E-state index contributed by atoms with van der Waals surface area (Å²) in [6, 6.07) is 14.7. The van der Waals surface area contributed by atoms with Gasteiger partial charge in [-0.05, 0) is 49.4 Å². The number of piperazine rings is 1. The van der Waals surface area contributed by atoms with Crippen LogP contribution < -0.4 is 15.8 Å². The van der Waals surface area contributed by atoms with Crippen molar-refractivity contribution in [3.05, 3.63) is 64.4 Å². The lowest BCUT2D eigenvalue weighted by Gasteiger charge is -2.34. The lowest BCUT2D eigenvalue weighted by Crippen LogP contribution is -2.44. The molecule has 0 radical (unpaired) electrons. The summed E-state index contributed by atoms with van der Waals surface area (Å²) in [6.45, 7) is 8.43. The first kappa shape index (κ1) is 21.9. The topological polar surface area (TPSA) is 77.8 Å². The van der Waals surface area contributed by atoms with Gasteiger partial charge >= 0.3 is 0 Å². The SMILES string of the molecule is CC(C)Cn1c(=O)c(C(=O)Nc2ccc(N3CCN(C)CC3)cc2)c(O)c2ccccc21. The van der Waals surface area contributed by atoms with E-state index in [2.05, 4.69) is 22.2 Å². The summed E-state index contributed by atoms with van der Waals surface area (Å²) in [6.07, 6.45) is 0. The van der Waals surface area contributed by atoms with Gasteiger partial charge in [0, 0.05) is 49.5 Å². The standard InChI is InChI=1S/C25H30N4O3/c1-17(2)16-29-21-7-5-4-6-20(21)23(30)22(25(29)32)24(31)26-18-8-10-19(11-9-18)28-14-12-27(3)13-15-28/h4-11,17,30H,12-16H2,1-3H3,(H,26,31). The van der Waals surface area contributed by atoms with E-state index in [1.54, 1.807) is 22.8 Å². The summed E-state index contributed by atoms with van der Waals surface area (Å²) in [5.74, 6) is -0.682. The van der Waals surface area contributed by atoms with Gasteiger partial charge in [-0.2, -0.15) is 0 Å². The van der Waals surface area contributed by atoms with Gasteiger partial charge in [0.05, 0.1) is 5.52 Å². The number of nitrogens with one attached hydrogen (secondary N) is 1. The molecule has 3 aromatic rings. The number of benzene rings is 2. The summed E-state index contributed by atoms with van der Waals surface area (Å²) < 4.78 is 1.57. The van der Waals surface area contributed by atoms with Crippen molar-refractivity contribution in [1.82, 2.24) is 9.47 Å². The van der Waals surface area contributed by atoms with Crippen molar-refractivity contribution >= 4 is 28.2 Å². The maximum Gasteiger partial charge on any atom is 0.267 e. The number of carbonyl (C=O) groups is 1. The molecule has 7 heteroatoms. The summed E-state index contributed by atoms with van der Waals surface area (Å²) >= 11 is 0. The van der Waals surface area contributed by atoms with Gasteiger partial charge in [-0.15, -0.1) is 0 Å². The minimum atomic E-state index is -0.608. The summed E-state index contributed by atoms with van der Waals surface area (Å²) in [5, 5.41) is 14.1. The van der Waals surface area contributed by atoms with E-state index in [0.717, 1.165) is 31.9 Å². The molecule has 0 atom stereocenters. The molecule has 1 aromatic heterocycles. The van der Waals surface area contributed by atoms with Gasteiger partial charge in [0.25, 0.3) is 11.5 Å². The molecule has 2 heterocycles. The fourth-order valence-corrected chi connectivity index (χ4v) is 4.15. The highest BCUT2D eigenvalue weighted by atomic mass is 16.3. The number of fused-ring (bicyclic) bond motifs is 1. The van der Waals surface area contributed by atoms with E-state index in [4.69, 9.17) is 0 Å². The fraction of sp³-hybridized carbons (Fsp3) is 0.360. The number of carbonyl (C=O) groups excluding carboxylic acids is 1. The molecular formula is C25H30N4O3. The first-order valence-corrected chi connectivity index (χ1v) is 11.0. The lowest BCUT2D eigenvalue weighted by atomic mass is 10.1. The molecule has 32 heavy (non-hydrogen) atoms. The van der Waals surface area contributed by atoms with Crippen LogP contribution in [0.25, 0.3) is 10.9 Å². The van der Waals surface area contributed by atoms with E-state index in [-0.39, 0.29) is 17.2 Å². The number of aromatic hydroxyl groups is 1. The van der Waals surface area contributed by atoms with Crippen LogP contribution in [0.1, 0.15) is 24.2 Å². The zero-order valence-electron chi connectivity index (χ0n) is 18.8. The minimum absolute atomic E-state index is 0.207. The Labute approximate surface area is 187 Å². The van der Waals surface area contributed by atoms with Crippen LogP contribution in [0.5, 0.6) is 5.75 Å². The Kier molecular flexibility index (Phi) is 6.19. The number of aromatic nitrogens is 1. The molecule has 7 nitrogen and oxygen atoms in total. The zero-order chi connectivity index (χ0) is 22.8. The third-order valence-corrected chi connectivity index (χ3v) is 5.91. The van der Waals surface area contributed by atoms with Crippen molar-refractivity contribution in [1.29, 1.82) is 0 Å². The Morgan fingerprint density at radius 2 is 1.69 bits per heavy atom. The largest absolute Gasteiger partial charge is 0.506 e. The van der Waals surface area contributed by atoms with Crippen molar-refractivity contribution < 1.29 is 9.90 Å². The highest BCUT2D eigenvalue weighted by Gasteiger charge is 2.23. The number of anilines is 2. The predicted molar refractivity (Wildman–Crippen MR) is 129 cm³/mol. The molecule has 0 bridgehead atoms. The number of hydrogen-bond donors (Lipinski definition) is 2. The van der Waals surface area contributed by atoms with E-state index in [0.29, 0.717) is 23.1 Å². The molecule has 1 aliphatic heterocycles. The first-order chi connectivity index (χ1) is 15.3.